The first-order valence-corrected chi connectivity index (χ1v) is 8.50. The molecule has 138 valence electrons. The number of imidazole rings is 1. The summed E-state index contributed by atoms with van der Waals surface area (Å²) in [6.45, 7) is 6.12. The lowest BCUT2D eigenvalue weighted by Gasteiger charge is -2.41. The Hall–Kier alpha value is -1.76. The van der Waals surface area contributed by atoms with Crippen LogP contribution in [-0.4, -0.2) is 26.9 Å². The normalized spacial score (nSPS) is 23.9. The number of benzene rings is 1. The summed E-state index contributed by atoms with van der Waals surface area (Å²) >= 11 is 0. The molecular formula is C18H23F3N2O2. The van der Waals surface area contributed by atoms with E-state index in [1.807, 2.05) is 13.8 Å². The molecule has 1 saturated carbocycles. The van der Waals surface area contributed by atoms with Gasteiger partial charge in [-0.2, -0.15) is 13.2 Å². The second kappa shape index (κ2) is 6.20. The van der Waals surface area contributed by atoms with Gasteiger partial charge in [0.05, 0.1) is 35.1 Å². The number of fused-ring (bicyclic) bond motifs is 1. The van der Waals surface area contributed by atoms with E-state index in [9.17, 15) is 18.3 Å². The summed E-state index contributed by atoms with van der Waals surface area (Å²) in [5.41, 5.74) is -1.24. The van der Waals surface area contributed by atoms with Gasteiger partial charge in [0.1, 0.15) is 5.75 Å². The van der Waals surface area contributed by atoms with Crippen LogP contribution in [0.15, 0.2) is 18.5 Å². The van der Waals surface area contributed by atoms with Crippen LogP contribution in [-0.2, 0) is 6.18 Å². The minimum Gasteiger partial charge on any atom is -0.493 e. The van der Waals surface area contributed by atoms with Gasteiger partial charge >= 0.3 is 6.18 Å². The maximum Gasteiger partial charge on any atom is 0.418 e. The first-order valence-electron chi connectivity index (χ1n) is 8.50. The lowest BCUT2D eigenvalue weighted by atomic mass is 9.77. The first-order chi connectivity index (χ1) is 11.6. The second-order valence-electron chi connectivity index (χ2n) is 7.58. The van der Waals surface area contributed by atoms with Gasteiger partial charge in [0.15, 0.2) is 0 Å². The Balaban J connectivity index is 1.97. The highest BCUT2D eigenvalue weighted by Gasteiger charge is 2.42. The first kappa shape index (κ1) is 18.0. The second-order valence-corrected chi connectivity index (χ2v) is 7.58. The Bertz CT molecular complexity index is 758. The Morgan fingerprint density at radius 1 is 1.36 bits per heavy atom. The van der Waals surface area contributed by atoms with E-state index in [-0.39, 0.29) is 22.8 Å². The summed E-state index contributed by atoms with van der Waals surface area (Å²) in [6.07, 6.45) is -1.47. The van der Waals surface area contributed by atoms with E-state index in [1.165, 1.54) is 10.9 Å². The SMILES string of the molecule is CC(C)CCOc1cc(C(F)(F)F)c2c(c1)ncn2[C@H]1C[C@](C)(O)C1. The molecular weight excluding hydrogens is 333 g/mol. The molecule has 0 aliphatic heterocycles. The van der Waals surface area contributed by atoms with Crippen LogP contribution in [0.2, 0.25) is 0 Å². The molecule has 1 aromatic heterocycles. The summed E-state index contributed by atoms with van der Waals surface area (Å²) in [7, 11) is 0. The number of nitrogens with zero attached hydrogens (tertiary/aromatic N) is 2. The van der Waals surface area contributed by atoms with Crippen molar-refractivity contribution in [3.63, 3.8) is 0 Å². The smallest absolute Gasteiger partial charge is 0.418 e. The molecule has 0 radical (unpaired) electrons. The lowest BCUT2D eigenvalue weighted by Crippen LogP contribution is -2.41. The molecule has 0 unspecified atom stereocenters. The largest absolute Gasteiger partial charge is 0.493 e. The van der Waals surface area contributed by atoms with Gasteiger partial charge in [0, 0.05) is 12.1 Å². The number of alkyl halides is 3. The Morgan fingerprint density at radius 3 is 2.60 bits per heavy atom. The molecule has 2 aromatic rings. The molecule has 3 rings (SSSR count). The Morgan fingerprint density at radius 2 is 2.04 bits per heavy atom. The Labute approximate surface area is 144 Å². The summed E-state index contributed by atoms with van der Waals surface area (Å²) in [5.74, 6) is 0.600. The van der Waals surface area contributed by atoms with Crippen molar-refractivity contribution in [1.82, 2.24) is 9.55 Å². The van der Waals surface area contributed by atoms with Crippen molar-refractivity contribution in [1.29, 1.82) is 0 Å². The van der Waals surface area contributed by atoms with E-state index in [1.54, 1.807) is 13.0 Å². The third-order valence-electron chi connectivity index (χ3n) is 4.66. The van der Waals surface area contributed by atoms with Crippen molar-refractivity contribution in [2.45, 2.75) is 57.9 Å². The number of aromatic nitrogens is 2. The van der Waals surface area contributed by atoms with E-state index in [0.717, 1.165) is 12.5 Å². The number of hydrogen-bond donors (Lipinski definition) is 1. The minimum absolute atomic E-state index is 0.0595. The van der Waals surface area contributed by atoms with Crippen molar-refractivity contribution < 1.29 is 23.0 Å². The molecule has 1 N–H and O–H groups in total. The predicted molar refractivity (Wildman–Crippen MR) is 88.6 cm³/mol. The van der Waals surface area contributed by atoms with Crippen LogP contribution in [0.25, 0.3) is 11.0 Å². The molecule has 0 atom stereocenters. The van der Waals surface area contributed by atoms with Crippen LogP contribution < -0.4 is 4.74 Å². The summed E-state index contributed by atoms with van der Waals surface area (Å²) in [6, 6.07) is 2.43. The van der Waals surface area contributed by atoms with E-state index in [2.05, 4.69) is 4.98 Å². The van der Waals surface area contributed by atoms with Crippen LogP contribution in [0, 0.1) is 5.92 Å². The van der Waals surface area contributed by atoms with Gasteiger partial charge in [-0.25, -0.2) is 4.98 Å². The highest BCUT2D eigenvalue weighted by atomic mass is 19.4. The lowest BCUT2D eigenvalue weighted by molar-refractivity contribution is -0.136. The molecule has 4 nitrogen and oxygen atoms in total. The van der Waals surface area contributed by atoms with Gasteiger partial charge in [-0.15, -0.1) is 0 Å². The fourth-order valence-electron chi connectivity index (χ4n) is 3.29. The maximum absolute atomic E-state index is 13.6. The van der Waals surface area contributed by atoms with Crippen LogP contribution in [0.3, 0.4) is 0 Å². The van der Waals surface area contributed by atoms with E-state index in [4.69, 9.17) is 4.74 Å². The van der Waals surface area contributed by atoms with Crippen molar-refractivity contribution in [3.05, 3.63) is 24.0 Å². The maximum atomic E-state index is 13.6. The molecule has 1 aromatic carbocycles. The molecule has 7 heteroatoms. The molecule has 0 spiro atoms. The molecule has 1 heterocycles. The number of halogens is 3. The van der Waals surface area contributed by atoms with Crippen molar-refractivity contribution in [2.75, 3.05) is 6.61 Å². The van der Waals surface area contributed by atoms with Crippen LogP contribution in [0.1, 0.15) is 51.6 Å². The van der Waals surface area contributed by atoms with Gasteiger partial charge in [0.25, 0.3) is 0 Å². The number of aliphatic hydroxyl groups is 1. The van der Waals surface area contributed by atoms with Crippen molar-refractivity contribution in [3.8, 4) is 5.75 Å². The van der Waals surface area contributed by atoms with Crippen LogP contribution >= 0.6 is 0 Å². The van der Waals surface area contributed by atoms with Gasteiger partial charge in [-0.05, 0) is 38.2 Å². The highest BCUT2D eigenvalue weighted by Crippen LogP contribution is 2.45. The quantitative estimate of drug-likeness (QED) is 0.854. The summed E-state index contributed by atoms with van der Waals surface area (Å²) < 4.78 is 47.8. The topological polar surface area (TPSA) is 47.3 Å². The zero-order chi connectivity index (χ0) is 18.4. The average Bonchev–Trinajstić information content (AvgIpc) is 2.85. The zero-order valence-corrected chi connectivity index (χ0v) is 14.6. The molecule has 0 amide bonds. The molecule has 25 heavy (non-hydrogen) atoms. The third kappa shape index (κ3) is 3.76. The fourth-order valence-corrected chi connectivity index (χ4v) is 3.29. The standard InChI is InChI=1S/C18H23F3N2O2/c1-11(2)4-5-25-13-6-14(18(19,20)21)16-15(7-13)22-10-23(16)12-8-17(3,24)9-12/h6-7,10-12,24H,4-5,8-9H2,1-3H3/t12-,17-. The highest BCUT2D eigenvalue weighted by molar-refractivity contribution is 5.82. The Kier molecular flexibility index (Phi) is 4.47. The summed E-state index contributed by atoms with van der Waals surface area (Å²) in [5, 5.41) is 9.89. The van der Waals surface area contributed by atoms with Crippen LogP contribution in [0.5, 0.6) is 5.75 Å². The zero-order valence-electron chi connectivity index (χ0n) is 14.6. The number of hydrogen-bond acceptors (Lipinski definition) is 3. The van der Waals surface area contributed by atoms with E-state index in [0.29, 0.717) is 25.4 Å². The molecule has 1 aliphatic carbocycles. The van der Waals surface area contributed by atoms with Gasteiger partial charge < -0.3 is 14.4 Å². The molecule has 0 saturated heterocycles. The number of ether oxygens (including phenoxy) is 1. The summed E-state index contributed by atoms with van der Waals surface area (Å²) in [4.78, 5) is 4.15. The molecule has 1 fully saturated rings. The van der Waals surface area contributed by atoms with E-state index >= 15 is 0 Å². The number of rotatable bonds is 5. The van der Waals surface area contributed by atoms with Crippen molar-refractivity contribution in [2.24, 2.45) is 5.92 Å². The van der Waals surface area contributed by atoms with Crippen LogP contribution in [0.4, 0.5) is 13.2 Å². The fraction of sp³-hybridized carbons (Fsp3) is 0.611. The third-order valence-corrected chi connectivity index (χ3v) is 4.66. The minimum atomic E-state index is -4.50. The monoisotopic (exact) mass is 356 g/mol. The average molecular weight is 356 g/mol. The molecule has 0 bridgehead atoms. The van der Waals surface area contributed by atoms with Crippen molar-refractivity contribution >= 4 is 11.0 Å². The van der Waals surface area contributed by atoms with Gasteiger partial charge in [-0.1, -0.05) is 13.8 Å². The van der Waals surface area contributed by atoms with Gasteiger partial charge in [-0.3, -0.25) is 0 Å². The molecule has 1 aliphatic rings. The predicted octanol–water partition coefficient (Wildman–Crippen LogP) is 4.57. The van der Waals surface area contributed by atoms with Gasteiger partial charge in [0.2, 0.25) is 0 Å². The van der Waals surface area contributed by atoms with E-state index < -0.39 is 17.3 Å².